The highest BCUT2D eigenvalue weighted by Crippen LogP contribution is 2.47. The van der Waals surface area contributed by atoms with Crippen molar-refractivity contribution in [2.75, 3.05) is 0 Å². The van der Waals surface area contributed by atoms with Gasteiger partial charge in [0.1, 0.15) is 5.41 Å². The molecule has 2 rings (SSSR count). The maximum absolute atomic E-state index is 11.8. The van der Waals surface area contributed by atoms with Crippen LogP contribution in [0.1, 0.15) is 39.5 Å². The Kier molecular flexibility index (Phi) is 2.07. The molecule has 0 aliphatic heterocycles. The van der Waals surface area contributed by atoms with Crippen LogP contribution in [0.4, 0.5) is 0 Å². The molecule has 0 radical (unpaired) electrons. The number of carboxylic acids is 1. The van der Waals surface area contributed by atoms with Gasteiger partial charge in [-0.05, 0) is 24.7 Å². The van der Waals surface area contributed by atoms with E-state index in [9.17, 15) is 9.59 Å². The summed E-state index contributed by atoms with van der Waals surface area (Å²) >= 11 is 0. The maximum Gasteiger partial charge on any atom is 0.319 e. The molecule has 0 aromatic heterocycles. The molecular formula is C11H17NO3. The van der Waals surface area contributed by atoms with Gasteiger partial charge in [0.2, 0.25) is 5.91 Å². The standard InChI is InChI=1S/C11H17NO3/c1-10(2)6-7(10)12-8(13)11(9(14)15)4-3-5-11/h7H,3-6H2,1-2H3,(H,12,13)(H,14,15). The Morgan fingerprint density at radius 3 is 2.13 bits per heavy atom. The van der Waals surface area contributed by atoms with E-state index in [1.807, 2.05) is 0 Å². The second kappa shape index (κ2) is 2.97. The molecule has 2 aliphatic carbocycles. The highest BCUT2D eigenvalue weighted by Gasteiger charge is 2.55. The van der Waals surface area contributed by atoms with Gasteiger partial charge in [-0.25, -0.2) is 0 Å². The zero-order valence-corrected chi connectivity index (χ0v) is 9.17. The minimum Gasteiger partial charge on any atom is -0.480 e. The molecule has 0 saturated heterocycles. The Bertz CT molecular complexity index is 318. The minimum absolute atomic E-state index is 0.152. The Labute approximate surface area is 89.0 Å². The maximum atomic E-state index is 11.8. The predicted molar refractivity (Wildman–Crippen MR) is 54.2 cm³/mol. The van der Waals surface area contributed by atoms with E-state index in [2.05, 4.69) is 19.2 Å². The lowest BCUT2D eigenvalue weighted by atomic mass is 9.68. The van der Waals surface area contributed by atoms with Crippen LogP contribution in [0.15, 0.2) is 0 Å². The fourth-order valence-electron chi connectivity index (χ4n) is 2.08. The van der Waals surface area contributed by atoms with Crippen molar-refractivity contribution < 1.29 is 14.7 Å². The van der Waals surface area contributed by atoms with Crippen molar-refractivity contribution in [3.05, 3.63) is 0 Å². The molecule has 1 unspecified atom stereocenters. The minimum atomic E-state index is -1.11. The average Bonchev–Trinajstić information content (AvgIpc) is 2.53. The van der Waals surface area contributed by atoms with Crippen LogP contribution in [0.2, 0.25) is 0 Å². The Hall–Kier alpha value is -1.06. The molecule has 0 aromatic carbocycles. The Morgan fingerprint density at radius 1 is 1.33 bits per heavy atom. The van der Waals surface area contributed by atoms with Crippen LogP contribution < -0.4 is 5.32 Å². The third kappa shape index (κ3) is 1.52. The van der Waals surface area contributed by atoms with Gasteiger partial charge in [-0.2, -0.15) is 0 Å². The zero-order valence-electron chi connectivity index (χ0n) is 9.17. The second-order valence-electron chi connectivity index (χ2n) is 5.46. The van der Waals surface area contributed by atoms with Gasteiger partial charge in [0.25, 0.3) is 0 Å². The molecule has 1 atom stereocenters. The summed E-state index contributed by atoms with van der Waals surface area (Å²) in [5.41, 5.74) is -0.961. The van der Waals surface area contributed by atoms with Gasteiger partial charge in [-0.3, -0.25) is 9.59 Å². The van der Waals surface area contributed by atoms with Crippen molar-refractivity contribution in [3.63, 3.8) is 0 Å². The van der Waals surface area contributed by atoms with Crippen molar-refractivity contribution >= 4 is 11.9 Å². The van der Waals surface area contributed by atoms with Crippen molar-refractivity contribution in [2.24, 2.45) is 10.8 Å². The van der Waals surface area contributed by atoms with Crippen LogP contribution in [0.25, 0.3) is 0 Å². The molecule has 2 fully saturated rings. The van der Waals surface area contributed by atoms with Gasteiger partial charge in [0.05, 0.1) is 0 Å². The van der Waals surface area contributed by atoms with E-state index in [1.165, 1.54) is 0 Å². The Morgan fingerprint density at radius 2 is 1.87 bits per heavy atom. The highest BCUT2D eigenvalue weighted by atomic mass is 16.4. The third-order valence-corrected chi connectivity index (χ3v) is 3.87. The van der Waals surface area contributed by atoms with Crippen LogP contribution in [0.5, 0.6) is 0 Å². The van der Waals surface area contributed by atoms with E-state index >= 15 is 0 Å². The summed E-state index contributed by atoms with van der Waals surface area (Å²) in [4.78, 5) is 22.9. The lowest BCUT2D eigenvalue weighted by Crippen LogP contribution is -2.52. The van der Waals surface area contributed by atoms with Crippen LogP contribution in [0, 0.1) is 10.8 Å². The largest absolute Gasteiger partial charge is 0.480 e. The van der Waals surface area contributed by atoms with Crippen LogP contribution in [-0.2, 0) is 9.59 Å². The van der Waals surface area contributed by atoms with E-state index in [-0.39, 0.29) is 17.4 Å². The average molecular weight is 211 g/mol. The SMILES string of the molecule is CC1(C)CC1NC(=O)C1(C(=O)O)CCC1. The molecule has 4 nitrogen and oxygen atoms in total. The van der Waals surface area contributed by atoms with Crippen LogP contribution in [0.3, 0.4) is 0 Å². The summed E-state index contributed by atoms with van der Waals surface area (Å²) in [5.74, 6) is -1.25. The molecule has 4 heteroatoms. The van der Waals surface area contributed by atoms with E-state index in [4.69, 9.17) is 5.11 Å². The molecule has 1 amide bonds. The molecule has 15 heavy (non-hydrogen) atoms. The first kappa shape index (κ1) is 10.5. The van der Waals surface area contributed by atoms with E-state index in [0.717, 1.165) is 12.8 Å². The van der Waals surface area contributed by atoms with E-state index in [1.54, 1.807) is 0 Å². The molecule has 2 N–H and O–H groups in total. The van der Waals surface area contributed by atoms with Gasteiger partial charge in [-0.15, -0.1) is 0 Å². The normalized spacial score (nSPS) is 30.1. The van der Waals surface area contributed by atoms with Crippen molar-refractivity contribution in [1.82, 2.24) is 5.32 Å². The number of carbonyl (C=O) groups is 2. The smallest absolute Gasteiger partial charge is 0.319 e. The lowest BCUT2D eigenvalue weighted by Gasteiger charge is -2.36. The molecule has 0 spiro atoms. The molecule has 0 bridgehead atoms. The first-order valence-electron chi connectivity index (χ1n) is 5.43. The summed E-state index contributed by atoms with van der Waals surface area (Å²) in [6, 6.07) is 0.168. The number of rotatable bonds is 3. The lowest BCUT2D eigenvalue weighted by molar-refractivity contribution is -0.162. The molecular weight excluding hydrogens is 194 g/mol. The van der Waals surface area contributed by atoms with Gasteiger partial charge in [0, 0.05) is 6.04 Å². The fourth-order valence-corrected chi connectivity index (χ4v) is 2.08. The summed E-state index contributed by atoms with van der Waals surface area (Å²) in [5, 5.41) is 11.9. The number of carboxylic acid groups (broad SMARTS) is 1. The van der Waals surface area contributed by atoms with Crippen molar-refractivity contribution in [1.29, 1.82) is 0 Å². The third-order valence-electron chi connectivity index (χ3n) is 3.87. The van der Waals surface area contributed by atoms with E-state index < -0.39 is 11.4 Å². The Balaban J connectivity index is 1.99. The molecule has 2 saturated carbocycles. The first-order chi connectivity index (χ1) is 6.88. The second-order valence-corrected chi connectivity index (χ2v) is 5.46. The number of hydrogen-bond donors (Lipinski definition) is 2. The zero-order chi connectivity index (χ0) is 11.3. The van der Waals surface area contributed by atoms with Crippen LogP contribution in [-0.4, -0.2) is 23.0 Å². The summed E-state index contributed by atoms with van der Waals surface area (Å²) in [6.07, 6.45) is 2.77. The van der Waals surface area contributed by atoms with Gasteiger partial charge < -0.3 is 10.4 Å². The van der Waals surface area contributed by atoms with Gasteiger partial charge >= 0.3 is 5.97 Å². The molecule has 2 aliphatic rings. The summed E-state index contributed by atoms with van der Waals surface area (Å²) in [7, 11) is 0. The number of hydrogen-bond acceptors (Lipinski definition) is 2. The first-order valence-corrected chi connectivity index (χ1v) is 5.43. The summed E-state index contributed by atoms with van der Waals surface area (Å²) in [6.45, 7) is 4.15. The van der Waals surface area contributed by atoms with Crippen LogP contribution >= 0.6 is 0 Å². The number of aliphatic carboxylic acids is 1. The fraction of sp³-hybridized carbons (Fsp3) is 0.818. The van der Waals surface area contributed by atoms with Crippen molar-refractivity contribution in [3.8, 4) is 0 Å². The molecule has 0 heterocycles. The van der Waals surface area contributed by atoms with Crippen molar-refractivity contribution in [2.45, 2.75) is 45.6 Å². The highest BCUT2D eigenvalue weighted by molar-refractivity contribution is 6.03. The van der Waals surface area contributed by atoms with Gasteiger partial charge in [0.15, 0.2) is 0 Å². The number of amides is 1. The summed E-state index contributed by atoms with van der Waals surface area (Å²) < 4.78 is 0. The quantitative estimate of drug-likeness (QED) is 0.688. The number of carbonyl (C=O) groups excluding carboxylic acids is 1. The predicted octanol–water partition coefficient (Wildman–Crippen LogP) is 1.16. The van der Waals surface area contributed by atoms with E-state index in [0.29, 0.717) is 12.8 Å². The van der Waals surface area contributed by atoms with Gasteiger partial charge in [-0.1, -0.05) is 20.3 Å². The monoisotopic (exact) mass is 211 g/mol. The topological polar surface area (TPSA) is 66.4 Å². The molecule has 84 valence electrons. The number of nitrogens with one attached hydrogen (secondary N) is 1. The molecule has 0 aromatic rings.